The lowest BCUT2D eigenvalue weighted by Crippen LogP contribution is -2.36. The van der Waals surface area contributed by atoms with Gasteiger partial charge in [-0.1, -0.05) is 6.92 Å². The van der Waals surface area contributed by atoms with Gasteiger partial charge in [0.1, 0.15) is 0 Å². The predicted octanol–water partition coefficient (Wildman–Crippen LogP) is 2.28. The van der Waals surface area contributed by atoms with Crippen molar-refractivity contribution in [1.29, 1.82) is 0 Å². The molecule has 1 amide bonds. The molecule has 1 aromatic heterocycles. The van der Waals surface area contributed by atoms with Crippen LogP contribution in [0.2, 0.25) is 0 Å². The molecule has 1 heterocycles. The average molecular weight is 266 g/mol. The van der Waals surface area contributed by atoms with Crippen molar-refractivity contribution in [2.75, 3.05) is 19.6 Å². The van der Waals surface area contributed by atoms with E-state index in [0.29, 0.717) is 0 Å². The molecule has 0 saturated carbocycles. The second-order valence-electron chi connectivity index (χ2n) is 4.78. The van der Waals surface area contributed by atoms with E-state index in [1.54, 1.807) is 11.3 Å². The van der Waals surface area contributed by atoms with E-state index in [0.717, 1.165) is 45.3 Å². The van der Waals surface area contributed by atoms with Crippen LogP contribution in [0.5, 0.6) is 0 Å². The molecule has 2 N–H and O–H groups in total. The third-order valence-electron chi connectivity index (χ3n) is 3.40. The fourth-order valence-electron chi connectivity index (χ4n) is 2.46. The maximum absolute atomic E-state index is 12.2. The van der Waals surface area contributed by atoms with E-state index in [1.807, 2.05) is 0 Å². The summed E-state index contributed by atoms with van der Waals surface area (Å²) in [4.78, 5) is 13.6. The Hall–Kier alpha value is -0.870. The summed E-state index contributed by atoms with van der Waals surface area (Å²) in [5.74, 6) is 0.291. The number of amides is 1. The minimum atomic E-state index is 0.0891. The van der Waals surface area contributed by atoms with Crippen LogP contribution in [0.1, 0.15) is 42.5 Å². The smallest absolute Gasteiger partial charge is 0.227 e. The standard InChI is InChI=1S/C14H22N2OS/c1-2-7-15-8-9-16-14(17)12-4-3-5-13-11(12)6-10-18-13/h6,10,12,15H,2-5,7-9H2,1H3,(H,16,17). The molecule has 1 aromatic rings. The van der Waals surface area contributed by atoms with Gasteiger partial charge in [0.15, 0.2) is 0 Å². The van der Waals surface area contributed by atoms with Gasteiger partial charge in [-0.15, -0.1) is 11.3 Å². The van der Waals surface area contributed by atoms with Crippen LogP contribution in [0, 0.1) is 0 Å². The zero-order chi connectivity index (χ0) is 12.8. The van der Waals surface area contributed by atoms with Crippen molar-refractivity contribution in [3.8, 4) is 0 Å². The maximum Gasteiger partial charge on any atom is 0.227 e. The average Bonchev–Trinajstić information content (AvgIpc) is 2.86. The first kappa shape index (κ1) is 13.6. The molecule has 1 aliphatic carbocycles. The molecule has 0 aromatic carbocycles. The summed E-state index contributed by atoms with van der Waals surface area (Å²) in [6.07, 6.45) is 4.42. The van der Waals surface area contributed by atoms with Gasteiger partial charge in [0, 0.05) is 18.0 Å². The van der Waals surface area contributed by atoms with E-state index < -0.39 is 0 Å². The number of aryl methyl sites for hydroxylation is 1. The van der Waals surface area contributed by atoms with Gasteiger partial charge < -0.3 is 10.6 Å². The van der Waals surface area contributed by atoms with Gasteiger partial charge in [-0.3, -0.25) is 4.79 Å². The molecule has 0 fully saturated rings. The Morgan fingerprint density at radius 3 is 3.17 bits per heavy atom. The Morgan fingerprint density at radius 1 is 1.44 bits per heavy atom. The minimum Gasteiger partial charge on any atom is -0.354 e. The minimum absolute atomic E-state index is 0.0891. The number of carbonyl (C=O) groups is 1. The van der Waals surface area contributed by atoms with E-state index in [2.05, 4.69) is 29.0 Å². The van der Waals surface area contributed by atoms with Crippen LogP contribution in [-0.4, -0.2) is 25.5 Å². The van der Waals surface area contributed by atoms with Crippen LogP contribution < -0.4 is 10.6 Å². The van der Waals surface area contributed by atoms with E-state index in [9.17, 15) is 4.79 Å². The van der Waals surface area contributed by atoms with E-state index in [1.165, 1.54) is 10.4 Å². The van der Waals surface area contributed by atoms with Crippen LogP contribution in [0.25, 0.3) is 0 Å². The third kappa shape index (κ3) is 3.33. The van der Waals surface area contributed by atoms with E-state index in [4.69, 9.17) is 0 Å². The van der Waals surface area contributed by atoms with Crippen molar-refractivity contribution in [2.45, 2.75) is 38.5 Å². The summed E-state index contributed by atoms with van der Waals surface area (Å²) in [6.45, 7) is 4.76. The lowest BCUT2D eigenvalue weighted by atomic mass is 9.87. The summed E-state index contributed by atoms with van der Waals surface area (Å²) >= 11 is 1.79. The Labute approximate surface area is 113 Å². The molecule has 0 spiro atoms. The molecule has 1 aliphatic rings. The first-order valence-corrected chi connectivity index (χ1v) is 7.75. The van der Waals surface area contributed by atoms with Crippen LogP contribution in [0.3, 0.4) is 0 Å². The Bertz CT molecular complexity index is 389. The number of thiophene rings is 1. The Kier molecular flexibility index (Phi) is 5.20. The molecule has 1 atom stereocenters. The second-order valence-corrected chi connectivity index (χ2v) is 5.79. The van der Waals surface area contributed by atoms with Crippen molar-refractivity contribution in [1.82, 2.24) is 10.6 Å². The fourth-order valence-corrected chi connectivity index (χ4v) is 3.45. The molecule has 2 rings (SSSR count). The topological polar surface area (TPSA) is 41.1 Å². The summed E-state index contributed by atoms with van der Waals surface area (Å²) in [6, 6.07) is 2.12. The van der Waals surface area contributed by atoms with E-state index >= 15 is 0 Å². The van der Waals surface area contributed by atoms with Gasteiger partial charge in [0.25, 0.3) is 0 Å². The highest BCUT2D eigenvalue weighted by Crippen LogP contribution is 2.34. The second kappa shape index (κ2) is 6.90. The van der Waals surface area contributed by atoms with Crippen molar-refractivity contribution in [2.24, 2.45) is 0 Å². The number of fused-ring (bicyclic) bond motifs is 1. The molecule has 0 radical (unpaired) electrons. The molecule has 0 bridgehead atoms. The van der Waals surface area contributed by atoms with Crippen molar-refractivity contribution >= 4 is 17.2 Å². The number of hydrogen-bond donors (Lipinski definition) is 2. The zero-order valence-corrected chi connectivity index (χ0v) is 11.8. The molecule has 18 heavy (non-hydrogen) atoms. The van der Waals surface area contributed by atoms with Crippen LogP contribution in [0.15, 0.2) is 11.4 Å². The van der Waals surface area contributed by atoms with E-state index in [-0.39, 0.29) is 11.8 Å². The van der Waals surface area contributed by atoms with Crippen LogP contribution >= 0.6 is 11.3 Å². The Morgan fingerprint density at radius 2 is 2.33 bits per heavy atom. The lowest BCUT2D eigenvalue weighted by molar-refractivity contribution is -0.122. The largest absolute Gasteiger partial charge is 0.354 e. The Balaban J connectivity index is 1.80. The lowest BCUT2D eigenvalue weighted by Gasteiger charge is -2.21. The molecule has 100 valence electrons. The molecule has 0 aliphatic heterocycles. The quantitative estimate of drug-likeness (QED) is 0.776. The van der Waals surface area contributed by atoms with Crippen LogP contribution in [-0.2, 0) is 11.2 Å². The molecular formula is C14H22N2OS. The highest BCUT2D eigenvalue weighted by atomic mass is 32.1. The first-order chi connectivity index (χ1) is 8.83. The highest BCUT2D eigenvalue weighted by Gasteiger charge is 2.26. The maximum atomic E-state index is 12.2. The summed E-state index contributed by atoms with van der Waals surface area (Å²) in [5, 5.41) is 8.45. The number of nitrogens with one attached hydrogen (secondary N) is 2. The van der Waals surface area contributed by atoms with Crippen molar-refractivity contribution < 1.29 is 4.79 Å². The number of carbonyl (C=O) groups excluding carboxylic acids is 1. The summed E-state index contributed by atoms with van der Waals surface area (Å²) in [5.41, 5.74) is 1.27. The van der Waals surface area contributed by atoms with Gasteiger partial charge in [-0.2, -0.15) is 0 Å². The number of rotatable bonds is 6. The third-order valence-corrected chi connectivity index (χ3v) is 4.39. The fraction of sp³-hybridized carbons (Fsp3) is 0.643. The van der Waals surface area contributed by atoms with Gasteiger partial charge in [-0.05, 0) is 49.2 Å². The summed E-state index contributed by atoms with van der Waals surface area (Å²) < 4.78 is 0. The highest BCUT2D eigenvalue weighted by molar-refractivity contribution is 7.10. The van der Waals surface area contributed by atoms with Gasteiger partial charge in [0.05, 0.1) is 5.92 Å². The molecule has 3 nitrogen and oxygen atoms in total. The molecule has 1 unspecified atom stereocenters. The monoisotopic (exact) mass is 266 g/mol. The van der Waals surface area contributed by atoms with Crippen LogP contribution in [0.4, 0.5) is 0 Å². The normalized spacial score (nSPS) is 18.4. The zero-order valence-electron chi connectivity index (χ0n) is 11.0. The van der Waals surface area contributed by atoms with Crippen molar-refractivity contribution in [3.63, 3.8) is 0 Å². The summed E-state index contributed by atoms with van der Waals surface area (Å²) in [7, 11) is 0. The first-order valence-electron chi connectivity index (χ1n) is 6.87. The molecule has 4 heteroatoms. The van der Waals surface area contributed by atoms with Gasteiger partial charge in [-0.25, -0.2) is 0 Å². The number of hydrogen-bond acceptors (Lipinski definition) is 3. The molecular weight excluding hydrogens is 244 g/mol. The van der Waals surface area contributed by atoms with Gasteiger partial charge in [0.2, 0.25) is 5.91 Å². The predicted molar refractivity (Wildman–Crippen MR) is 76.2 cm³/mol. The molecule has 0 saturated heterocycles. The SMILES string of the molecule is CCCNCCNC(=O)C1CCCc2sccc21. The van der Waals surface area contributed by atoms with Gasteiger partial charge >= 0.3 is 0 Å². The van der Waals surface area contributed by atoms with Crippen molar-refractivity contribution in [3.05, 3.63) is 21.9 Å².